The quantitative estimate of drug-likeness (QED) is 0.484. The Morgan fingerprint density at radius 2 is 2.20 bits per heavy atom. The molecule has 0 aromatic carbocycles. The van der Waals surface area contributed by atoms with E-state index in [4.69, 9.17) is 16.3 Å². The second-order valence-corrected chi connectivity index (χ2v) is 4.88. The van der Waals surface area contributed by atoms with Gasteiger partial charge in [-0.1, -0.05) is 11.6 Å². The lowest BCUT2D eigenvalue weighted by Gasteiger charge is -1.97. The number of carbonyl (C=O) groups excluding carboxylic acids is 1. The summed E-state index contributed by atoms with van der Waals surface area (Å²) in [6.07, 6.45) is 5.70. The molecule has 0 spiro atoms. The fraction of sp³-hybridized carbons (Fsp3) is 0.538. The molecule has 6 nitrogen and oxygen atoms in total. The van der Waals surface area contributed by atoms with Crippen LogP contribution in [0.25, 0.3) is 0 Å². The third-order valence-electron chi connectivity index (χ3n) is 2.69. The van der Waals surface area contributed by atoms with Crippen LogP contribution < -0.4 is 0 Å². The third kappa shape index (κ3) is 5.52. The highest BCUT2D eigenvalue weighted by Gasteiger charge is 2.24. The molecular weight excluding hydrogens is 284 g/mol. The Morgan fingerprint density at radius 1 is 1.55 bits per heavy atom. The second-order valence-electron chi connectivity index (χ2n) is 4.50. The fourth-order valence-corrected chi connectivity index (χ4v) is 1.61. The van der Waals surface area contributed by atoms with Crippen LogP contribution in [0.15, 0.2) is 12.4 Å². The normalized spacial score (nSPS) is 13.2. The van der Waals surface area contributed by atoms with Gasteiger partial charge >= 0.3 is 11.7 Å². The van der Waals surface area contributed by atoms with Gasteiger partial charge in [0.2, 0.25) is 0 Å². The number of aromatic nitrogens is 1. The maximum atomic E-state index is 10.7. The highest BCUT2D eigenvalue weighted by Crippen LogP contribution is 2.32. The van der Waals surface area contributed by atoms with E-state index in [2.05, 4.69) is 4.98 Å². The SMILES string of the molecule is CCOC(=O)CC1CC1.Cc1cncc([N+](=O)[O-])c1Cl. The van der Waals surface area contributed by atoms with Crippen molar-refractivity contribution >= 4 is 23.3 Å². The van der Waals surface area contributed by atoms with E-state index in [9.17, 15) is 14.9 Å². The molecule has 1 aromatic rings. The molecule has 0 unspecified atom stereocenters. The van der Waals surface area contributed by atoms with Crippen molar-refractivity contribution in [1.82, 2.24) is 4.98 Å². The van der Waals surface area contributed by atoms with E-state index in [-0.39, 0.29) is 16.7 Å². The Bertz CT molecular complexity index is 489. The summed E-state index contributed by atoms with van der Waals surface area (Å²) in [6.45, 7) is 4.03. The molecule has 1 heterocycles. The van der Waals surface area contributed by atoms with Crippen molar-refractivity contribution in [2.75, 3.05) is 6.61 Å². The average Bonchev–Trinajstić information content (AvgIpc) is 3.17. The standard InChI is InChI=1S/C7H12O2.C6H5ClN2O2/c1-2-9-7(8)5-6-3-4-6;1-4-2-8-3-5(6(4)7)9(10)11/h6H,2-5H2,1H3;2-3H,1H3. The first kappa shape index (κ1) is 16.4. The number of nitro groups is 1. The molecule has 20 heavy (non-hydrogen) atoms. The Kier molecular flexibility index (Phi) is 6.38. The molecule has 1 aliphatic rings. The van der Waals surface area contributed by atoms with E-state index in [1.54, 1.807) is 6.92 Å². The first-order valence-corrected chi connectivity index (χ1v) is 6.73. The number of carbonyl (C=O) groups is 1. The number of aryl methyl sites for hydroxylation is 1. The van der Waals surface area contributed by atoms with Gasteiger partial charge in [-0.05, 0) is 38.2 Å². The molecule has 110 valence electrons. The minimum Gasteiger partial charge on any atom is -0.466 e. The van der Waals surface area contributed by atoms with Crippen LogP contribution in [-0.2, 0) is 9.53 Å². The summed E-state index contributed by atoms with van der Waals surface area (Å²) in [4.78, 5) is 24.0. The Morgan fingerprint density at radius 3 is 2.65 bits per heavy atom. The molecule has 2 rings (SSSR count). The molecule has 0 saturated heterocycles. The van der Waals surface area contributed by atoms with Crippen LogP contribution >= 0.6 is 11.6 Å². The molecule has 0 bridgehead atoms. The maximum Gasteiger partial charge on any atom is 0.306 e. The van der Waals surface area contributed by atoms with E-state index in [1.165, 1.54) is 19.0 Å². The number of pyridine rings is 1. The van der Waals surface area contributed by atoms with Crippen molar-refractivity contribution in [2.45, 2.75) is 33.1 Å². The molecule has 1 aromatic heterocycles. The number of nitrogens with zero attached hydrogens (tertiary/aromatic N) is 2. The van der Waals surface area contributed by atoms with Gasteiger partial charge in [0.15, 0.2) is 0 Å². The molecule has 1 fully saturated rings. The smallest absolute Gasteiger partial charge is 0.306 e. The van der Waals surface area contributed by atoms with Crippen molar-refractivity contribution in [3.63, 3.8) is 0 Å². The molecule has 1 saturated carbocycles. The Hall–Kier alpha value is -1.69. The van der Waals surface area contributed by atoms with Crippen molar-refractivity contribution in [3.8, 4) is 0 Å². The van der Waals surface area contributed by atoms with Gasteiger partial charge < -0.3 is 4.74 Å². The lowest BCUT2D eigenvalue weighted by Crippen LogP contribution is -2.03. The predicted molar refractivity (Wildman–Crippen MR) is 74.6 cm³/mol. The lowest BCUT2D eigenvalue weighted by atomic mass is 10.3. The summed E-state index contributed by atoms with van der Waals surface area (Å²) >= 11 is 5.61. The second kappa shape index (κ2) is 7.79. The summed E-state index contributed by atoms with van der Waals surface area (Å²) < 4.78 is 4.75. The Balaban J connectivity index is 0.000000204. The zero-order valence-corrected chi connectivity index (χ0v) is 12.2. The molecule has 0 N–H and O–H groups in total. The van der Waals surface area contributed by atoms with E-state index in [0.29, 0.717) is 24.5 Å². The van der Waals surface area contributed by atoms with Crippen LogP contribution in [0.1, 0.15) is 31.7 Å². The topological polar surface area (TPSA) is 82.3 Å². The molecule has 0 radical (unpaired) electrons. The van der Waals surface area contributed by atoms with E-state index in [0.717, 1.165) is 6.20 Å². The maximum absolute atomic E-state index is 10.7. The minimum atomic E-state index is -0.553. The first-order chi connectivity index (χ1) is 9.45. The van der Waals surface area contributed by atoms with Crippen molar-refractivity contribution < 1.29 is 14.5 Å². The molecule has 7 heteroatoms. The Labute approximate surface area is 122 Å². The van der Waals surface area contributed by atoms with E-state index in [1.807, 2.05) is 6.92 Å². The highest BCUT2D eigenvalue weighted by molar-refractivity contribution is 6.33. The number of ether oxygens (including phenoxy) is 1. The summed E-state index contributed by atoms with van der Waals surface area (Å²) in [5.74, 6) is 0.629. The average molecular weight is 301 g/mol. The van der Waals surface area contributed by atoms with Crippen LogP contribution in [0.2, 0.25) is 5.02 Å². The fourth-order valence-electron chi connectivity index (χ4n) is 1.44. The van der Waals surface area contributed by atoms with Crippen LogP contribution in [0.4, 0.5) is 5.69 Å². The van der Waals surface area contributed by atoms with Gasteiger partial charge in [-0.2, -0.15) is 0 Å². The van der Waals surface area contributed by atoms with Crippen LogP contribution in [0.5, 0.6) is 0 Å². The van der Waals surface area contributed by atoms with Crippen LogP contribution in [0, 0.1) is 23.0 Å². The zero-order valence-electron chi connectivity index (χ0n) is 11.5. The highest BCUT2D eigenvalue weighted by atomic mass is 35.5. The van der Waals surface area contributed by atoms with Gasteiger partial charge in [-0.3, -0.25) is 19.9 Å². The number of esters is 1. The van der Waals surface area contributed by atoms with Gasteiger partial charge in [0.1, 0.15) is 11.2 Å². The summed E-state index contributed by atoms with van der Waals surface area (Å²) in [5, 5.41) is 10.4. The van der Waals surface area contributed by atoms with Crippen molar-refractivity contribution in [2.24, 2.45) is 5.92 Å². The third-order valence-corrected chi connectivity index (χ3v) is 3.18. The minimum absolute atomic E-state index is 0.0278. The van der Waals surface area contributed by atoms with Crippen molar-refractivity contribution in [3.05, 3.63) is 33.1 Å². The molecule has 0 atom stereocenters. The van der Waals surface area contributed by atoms with Gasteiger partial charge in [0.05, 0.1) is 11.5 Å². The van der Waals surface area contributed by atoms with Gasteiger partial charge in [0.25, 0.3) is 0 Å². The molecule has 0 amide bonds. The number of hydrogen-bond acceptors (Lipinski definition) is 5. The van der Waals surface area contributed by atoms with Gasteiger partial charge in [-0.25, -0.2) is 0 Å². The molecular formula is C13H17ClN2O4. The van der Waals surface area contributed by atoms with Crippen molar-refractivity contribution in [1.29, 1.82) is 0 Å². The van der Waals surface area contributed by atoms with Gasteiger partial charge in [0, 0.05) is 12.6 Å². The predicted octanol–water partition coefficient (Wildman–Crippen LogP) is 3.30. The molecule has 1 aliphatic carbocycles. The zero-order chi connectivity index (χ0) is 15.1. The van der Waals surface area contributed by atoms with E-state index < -0.39 is 4.92 Å². The number of halogens is 1. The van der Waals surface area contributed by atoms with E-state index >= 15 is 0 Å². The summed E-state index contributed by atoms with van der Waals surface area (Å²) in [5.41, 5.74) is 0.465. The summed E-state index contributed by atoms with van der Waals surface area (Å²) in [7, 11) is 0. The summed E-state index contributed by atoms with van der Waals surface area (Å²) in [6, 6.07) is 0. The largest absolute Gasteiger partial charge is 0.466 e. The monoisotopic (exact) mass is 300 g/mol. The number of rotatable bonds is 4. The first-order valence-electron chi connectivity index (χ1n) is 6.35. The molecule has 0 aliphatic heterocycles. The van der Waals surface area contributed by atoms with Crippen LogP contribution in [0.3, 0.4) is 0 Å². The number of hydrogen-bond donors (Lipinski definition) is 0. The van der Waals surface area contributed by atoms with Crippen LogP contribution in [-0.4, -0.2) is 22.5 Å². The lowest BCUT2D eigenvalue weighted by molar-refractivity contribution is -0.385. The van der Waals surface area contributed by atoms with Gasteiger partial charge in [-0.15, -0.1) is 0 Å².